The predicted octanol–water partition coefficient (Wildman–Crippen LogP) is 4.24. The molecule has 0 aliphatic heterocycles. The minimum absolute atomic E-state index is 0.147. The second-order valence-electron chi connectivity index (χ2n) is 5.39. The van der Waals surface area contributed by atoms with Gasteiger partial charge in [-0.15, -0.1) is 0 Å². The molecule has 0 spiro atoms. The summed E-state index contributed by atoms with van der Waals surface area (Å²) in [4.78, 5) is 33.6. The SMILES string of the molecule is CCOC(Nc1ccc(C(=O)C(Cl)Cl)cc1)C(=O)c1cccc([N+](=O)[O-])c1. The third-order valence-corrected chi connectivity index (χ3v) is 3.97. The molecule has 0 aliphatic carbocycles. The number of hydrogen-bond acceptors (Lipinski definition) is 6. The summed E-state index contributed by atoms with van der Waals surface area (Å²) in [6, 6.07) is 11.6. The van der Waals surface area contributed by atoms with Gasteiger partial charge < -0.3 is 10.1 Å². The van der Waals surface area contributed by atoms with Gasteiger partial charge in [0, 0.05) is 35.6 Å². The van der Waals surface area contributed by atoms with Crippen LogP contribution in [0.25, 0.3) is 0 Å². The second kappa shape index (κ2) is 9.45. The molecular formula is C18H16Cl2N2O5. The summed E-state index contributed by atoms with van der Waals surface area (Å²) in [5, 5.41) is 13.8. The molecule has 2 aromatic rings. The predicted molar refractivity (Wildman–Crippen MR) is 103 cm³/mol. The number of carbonyl (C=O) groups is 2. The topological polar surface area (TPSA) is 98.5 Å². The average Bonchev–Trinajstić information content (AvgIpc) is 2.67. The van der Waals surface area contributed by atoms with Gasteiger partial charge in [-0.25, -0.2) is 0 Å². The summed E-state index contributed by atoms with van der Waals surface area (Å²) in [7, 11) is 0. The van der Waals surface area contributed by atoms with Crippen LogP contribution in [0.15, 0.2) is 48.5 Å². The Labute approximate surface area is 165 Å². The van der Waals surface area contributed by atoms with Crippen LogP contribution >= 0.6 is 23.2 Å². The van der Waals surface area contributed by atoms with Gasteiger partial charge >= 0.3 is 0 Å². The Morgan fingerprint density at radius 3 is 2.33 bits per heavy atom. The van der Waals surface area contributed by atoms with Crippen LogP contribution in [0.1, 0.15) is 27.6 Å². The van der Waals surface area contributed by atoms with Crippen molar-refractivity contribution in [1.29, 1.82) is 0 Å². The maximum atomic E-state index is 12.7. The normalized spacial score (nSPS) is 11.9. The highest BCUT2D eigenvalue weighted by molar-refractivity contribution is 6.55. The molecule has 27 heavy (non-hydrogen) atoms. The fourth-order valence-corrected chi connectivity index (χ4v) is 2.53. The van der Waals surface area contributed by atoms with Crippen molar-refractivity contribution in [2.75, 3.05) is 11.9 Å². The van der Waals surface area contributed by atoms with Crippen LogP contribution < -0.4 is 5.32 Å². The van der Waals surface area contributed by atoms with Crippen LogP contribution in [0, 0.1) is 10.1 Å². The lowest BCUT2D eigenvalue weighted by Crippen LogP contribution is -2.32. The Hall–Kier alpha value is -2.48. The monoisotopic (exact) mass is 410 g/mol. The van der Waals surface area contributed by atoms with Gasteiger partial charge in [-0.1, -0.05) is 35.3 Å². The lowest BCUT2D eigenvalue weighted by atomic mass is 10.1. The van der Waals surface area contributed by atoms with Gasteiger partial charge in [-0.3, -0.25) is 19.7 Å². The highest BCUT2D eigenvalue weighted by atomic mass is 35.5. The van der Waals surface area contributed by atoms with Crippen molar-refractivity contribution in [3.8, 4) is 0 Å². The number of nitro groups is 1. The quantitative estimate of drug-likeness (QED) is 0.218. The molecule has 2 aromatic carbocycles. The Morgan fingerprint density at radius 1 is 1.11 bits per heavy atom. The molecule has 0 fully saturated rings. The first-order chi connectivity index (χ1) is 12.8. The number of alkyl halides is 2. The molecule has 0 aromatic heterocycles. The van der Waals surface area contributed by atoms with Crippen LogP contribution in [-0.2, 0) is 4.74 Å². The van der Waals surface area contributed by atoms with Crippen LogP contribution in [0.5, 0.6) is 0 Å². The molecule has 0 heterocycles. The molecule has 0 bridgehead atoms. The lowest BCUT2D eigenvalue weighted by molar-refractivity contribution is -0.384. The summed E-state index contributed by atoms with van der Waals surface area (Å²) in [6.45, 7) is 1.97. The number of anilines is 1. The fraction of sp³-hybridized carbons (Fsp3) is 0.222. The van der Waals surface area contributed by atoms with E-state index in [-0.39, 0.29) is 17.9 Å². The van der Waals surface area contributed by atoms with E-state index in [1.165, 1.54) is 36.4 Å². The van der Waals surface area contributed by atoms with Crippen molar-refractivity contribution in [3.05, 3.63) is 69.8 Å². The van der Waals surface area contributed by atoms with Gasteiger partial charge in [0.1, 0.15) is 0 Å². The van der Waals surface area contributed by atoms with E-state index in [0.29, 0.717) is 11.3 Å². The summed E-state index contributed by atoms with van der Waals surface area (Å²) in [5.41, 5.74) is 0.808. The first-order valence-corrected chi connectivity index (χ1v) is 8.80. The number of ketones is 2. The van der Waals surface area contributed by atoms with Crippen molar-refractivity contribution in [2.24, 2.45) is 0 Å². The number of Topliss-reactive ketones (excluding diaryl/α,β-unsaturated/α-hetero) is 2. The standard InChI is InChI=1S/C18H16Cl2N2O5/c1-2-27-18(16(24)12-4-3-5-14(10-12)22(25)26)21-13-8-6-11(7-9-13)15(23)17(19)20/h3-10,17-18,21H,2H2,1H3. The zero-order valence-corrected chi connectivity index (χ0v) is 15.7. The van der Waals surface area contributed by atoms with Gasteiger partial charge in [0.15, 0.2) is 16.8 Å². The summed E-state index contributed by atoms with van der Waals surface area (Å²) in [5.74, 6) is -0.888. The molecule has 7 nitrogen and oxygen atoms in total. The van der Waals surface area contributed by atoms with Crippen LogP contribution in [0.4, 0.5) is 11.4 Å². The zero-order chi connectivity index (χ0) is 20.0. The molecule has 0 amide bonds. The van der Waals surface area contributed by atoms with Crippen molar-refractivity contribution in [1.82, 2.24) is 0 Å². The van der Waals surface area contributed by atoms with Crippen molar-refractivity contribution >= 4 is 46.1 Å². The number of nitrogens with zero attached hydrogens (tertiary/aromatic N) is 1. The summed E-state index contributed by atoms with van der Waals surface area (Å²) < 4.78 is 5.44. The average molecular weight is 411 g/mol. The van der Waals surface area contributed by atoms with E-state index in [9.17, 15) is 19.7 Å². The minimum atomic E-state index is -1.16. The molecule has 2 rings (SSSR count). The van der Waals surface area contributed by atoms with Gasteiger partial charge in [0.25, 0.3) is 5.69 Å². The summed E-state index contributed by atoms with van der Waals surface area (Å²) in [6.07, 6.45) is -1.05. The van der Waals surface area contributed by atoms with Crippen LogP contribution in [0.2, 0.25) is 0 Å². The Bertz CT molecular complexity index is 840. The van der Waals surface area contributed by atoms with E-state index in [2.05, 4.69) is 5.32 Å². The van der Waals surface area contributed by atoms with Crippen LogP contribution in [-0.4, -0.2) is 34.2 Å². The maximum absolute atomic E-state index is 12.7. The number of rotatable bonds is 9. The lowest BCUT2D eigenvalue weighted by Gasteiger charge is -2.19. The van der Waals surface area contributed by atoms with Gasteiger partial charge in [-0.05, 0) is 31.2 Å². The number of ether oxygens (including phenoxy) is 1. The number of carbonyl (C=O) groups excluding carboxylic acids is 2. The van der Waals surface area contributed by atoms with E-state index in [4.69, 9.17) is 27.9 Å². The molecular weight excluding hydrogens is 395 g/mol. The van der Waals surface area contributed by atoms with Crippen molar-refractivity contribution in [3.63, 3.8) is 0 Å². The molecule has 0 saturated heterocycles. The second-order valence-corrected chi connectivity index (χ2v) is 6.49. The third-order valence-electron chi connectivity index (χ3n) is 3.58. The highest BCUT2D eigenvalue weighted by Crippen LogP contribution is 2.19. The van der Waals surface area contributed by atoms with E-state index >= 15 is 0 Å². The van der Waals surface area contributed by atoms with Gasteiger partial charge in [0.05, 0.1) is 4.92 Å². The largest absolute Gasteiger partial charge is 0.354 e. The molecule has 142 valence electrons. The fourth-order valence-electron chi connectivity index (χ4n) is 2.28. The molecule has 1 atom stereocenters. The molecule has 1 N–H and O–H groups in total. The van der Waals surface area contributed by atoms with Crippen molar-refractivity contribution < 1.29 is 19.2 Å². The van der Waals surface area contributed by atoms with E-state index < -0.39 is 27.6 Å². The molecule has 0 radical (unpaired) electrons. The first-order valence-electron chi connectivity index (χ1n) is 7.92. The zero-order valence-electron chi connectivity index (χ0n) is 14.2. The molecule has 9 heteroatoms. The number of non-ortho nitro benzene ring substituents is 1. The number of nitrogens with one attached hydrogen (secondary N) is 1. The Morgan fingerprint density at radius 2 is 1.78 bits per heavy atom. The highest BCUT2D eigenvalue weighted by Gasteiger charge is 2.22. The van der Waals surface area contributed by atoms with Crippen molar-refractivity contribution in [2.45, 2.75) is 18.0 Å². The summed E-state index contributed by atoms with van der Waals surface area (Å²) >= 11 is 11.1. The van der Waals surface area contributed by atoms with E-state index in [1.807, 2.05) is 0 Å². The molecule has 1 unspecified atom stereocenters. The Kier molecular flexibility index (Phi) is 7.29. The number of halogens is 2. The molecule has 0 aliphatic rings. The first kappa shape index (κ1) is 20.8. The molecule has 0 saturated carbocycles. The van der Waals surface area contributed by atoms with Crippen LogP contribution in [0.3, 0.4) is 0 Å². The Balaban J connectivity index is 2.19. The number of nitro benzene ring substituents is 1. The number of hydrogen-bond donors (Lipinski definition) is 1. The van der Waals surface area contributed by atoms with E-state index in [0.717, 1.165) is 0 Å². The minimum Gasteiger partial charge on any atom is -0.354 e. The number of benzene rings is 2. The maximum Gasteiger partial charge on any atom is 0.270 e. The van der Waals surface area contributed by atoms with E-state index in [1.54, 1.807) is 19.1 Å². The smallest absolute Gasteiger partial charge is 0.270 e. The third kappa shape index (κ3) is 5.50. The van der Waals surface area contributed by atoms with Gasteiger partial charge in [-0.2, -0.15) is 0 Å². The van der Waals surface area contributed by atoms with Gasteiger partial charge in [0.2, 0.25) is 5.78 Å².